The van der Waals surface area contributed by atoms with Gasteiger partial charge in [0, 0.05) is 45.0 Å². The third-order valence-corrected chi connectivity index (χ3v) is 7.91. The van der Waals surface area contributed by atoms with Gasteiger partial charge in [-0.3, -0.25) is 0 Å². The van der Waals surface area contributed by atoms with Crippen molar-refractivity contribution in [2.24, 2.45) is 0 Å². The molecule has 2 aliphatic heterocycles. The molecule has 2 aliphatic rings. The molecule has 2 heterocycles. The molecule has 0 N–H and O–H groups in total. The molecule has 2 fully saturated rings. The van der Waals surface area contributed by atoms with Gasteiger partial charge in [0.15, 0.2) is 0 Å². The number of ether oxygens (including phenoxy) is 1. The molecule has 0 amide bonds. The molecule has 0 saturated carbocycles. The summed E-state index contributed by atoms with van der Waals surface area (Å²) < 4.78 is 5.69. The Balaban J connectivity index is 1.78. The monoisotopic (exact) mass is 282 g/mol. The van der Waals surface area contributed by atoms with Gasteiger partial charge in [-0.15, -0.1) is 11.8 Å². The Hall–Kier alpha value is 1.36. The van der Waals surface area contributed by atoms with Gasteiger partial charge < -0.3 is 4.74 Å². The van der Waals surface area contributed by atoms with E-state index in [1.54, 1.807) is 0 Å². The molecule has 0 aromatic carbocycles. The van der Waals surface area contributed by atoms with Crippen molar-refractivity contribution in [2.75, 3.05) is 47.7 Å². The van der Waals surface area contributed by atoms with Crippen LogP contribution >= 0.6 is 47.0 Å². The zero-order chi connectivity index (χ0) is 10.3. The standard InChI is InChI=1S/C10H18OS4/c1-3-13-7-9-5-11-6-10(15-9)8-14-4-2-12-1/h9-10H,1-8H2/t9-,10-/m0/s1. The summed E-state index contributed by atoms with van der Waals surface area (Å²) in [5, 5.41) is 1.50. The Morgan fingerprint density at radius 3 is 1.87 bits per heavy atom. The van der Waals surface area contributed by atoms with Crippen LogP contribution < -0.4 is 0 Å². The van der Waals surface area contributed by atoms with Crippen molar-refractivity contribution in [1.82, 2.24) is 0 Å². The first-order chi connectivity index (χ1) is 7.45. The maximum Gasteiger partial charge on any atom is 0.0593 e. The van der Waals surface area contributed by atoms with Crippen LogP contribution in [0.15, 0.2) is 0 Å². The smallest absolute Gasteiger partial charge is 0.0593 e. The molecule has 88 valence electrons. The van der Waals surface area contributed by atoms with Gasteiger partial charge in [-0.05, 0) is 0 Å². The van der Waals surface area contributed by atoms with Crippen molar-refractivity contribution >= 4 is 47.0 Å². The predicted molar refractivity (Wildman–Crippen MR) is 78.0 cm³/mol. The largest absolute Gasteiger partial charge is 0.379 e. The van der Waals surface area contributed by atoms with Gasteiger partial charge in [-0.1, -0.05) is 0 Å². The topological polar surface area (TPSA) is 9.23 Å². The molecule has 15 heavy (non-hydrogen) atoms. The molecule has 0 aliphatic carbocycles. The first-order valence-electron chi connectivity index (χ1n) is 5.41. The van der Waals surface area contributed by atoms with E-state index in [9.17, 15) is 0 Å². The van der Waals surface area contributed by atoms with Gasteiger partial charge in [-0.25, -0.2) is 0 Å². The fourth-order valence-corrected chi connectivity index (χ4v) is 6.86. The number of hydrogen-bond donors (Lipinski definition) is 0. The zero-order valence-electron chi connectivity index (χ0n) is 8.85. The molecule has 2 rings (SSSR count). The van der Waals surface area contributed by atoms with E-state index in [1.165, 1.54) is 34.5 Å². The van der Waals surface area contributed by atoms with Crippen molar-refractivity contribution in [1.29, 1.82) is 0 Å². The second kappa shape index (κ2) is 7.64. The van der Waals surface area contributed by atoms with Gasteiger partial charge >= 0.3 is 0 Å². The number of rotatable bonds is 0. The maximum absolute atomic E-state index is 5.69. The van der Waals surface area contributed by atoms with E-state index in [0.717, 1.165) is 23.7 Å². The number of fused-ring (bicyclic) bond motifs is 2. The second-order valence-electron chi connectivity index (χ2n) is 3.68. The average Bonchev–Trinajstić information content (AvgIpc) is 2.26. The summed E-state index contributed by atoms with van der Waals surface area (Å²) in [6, 6.07) is 0. The molecule has 5 heteroatoms. The summed E-state index contributed by atoms with van der Waals surface area (Å²) in [7, 11) is 0. The predicted octanol–water partition coefficient (Wildman–Crippen LogP) is 2.70. The van der Waals surface area contributed by atoms with Crippen LogP contribution in [0.25, 0.3) is 0 Å². The summed E-state index contributed by atoms with van der Waals surface area (Å²) in [6.45, 7) is 1.96. The van der Waals surface area contributed by atoms with Crippen LogP contribution in [0.5, 0.6) is 0 Å². The molecule has 2 saturated heterocycles. The molecule has 2 atom stereocenters. The molecule has 0 spiro atoms. The maximum atomic E-state index is 5.69. The van der Waals surface area contributed by atoms with Gasteiger partial charge in [0.2, 0.25) is 0 Å². The molecular formula is C10H18OS4. The molecule has 1 nitrogen and oxygen atoms in total. The summed E-state index contributed by atoms with van der Waals surface area (Å²) in [5.74, 6) is 7.85. The first-order valence-corrected chi connectivity index (χ1v) is 9.82. The highest BCUT2D eigenvalue weighted by atomic mass is 32.2. The Bertz CT molecular complexity index is 163. The third kappa shape index (κ3) is 5.02. The molecule has 0 aromatic rings. The summed E-state index contributed by atoms with van der Waals surface area (Å²) in [5.41, 5.74) is 0. The van der Waals surface area contributed by atoms with Gasteiger partial charge in [0.05, 0.1) is 13.2 Å². The van der Waals surface area contributed by atoms with Gasteiger partial charge in [0.25, 0.3) is 0 Å². The normalized spacial score (nSPS) is 35.2. The van der Waals surface area contributed by atoms with E-state index < -0.39 is 0 Å². The van der Waals surface area contributed by atoms with E-state index >= 15 is 0 Å². The Morgan fingerprint density at radius 1 is 0.733 bits per heavy atom. The van der Waals surface area contributed by atoms with E-state index in [2.05, 4.69) is 47.0 Å². The van der Waals surface area contributed by atoms with Crippen LogP contribution in [-0.4, -0.2) is 58.2 Å². The minimum absolute atomic E-state index is 0.749. The lowest BCUT2D eigenvalue weighted by atomic mass is 10.4. The van der Waals surface area contributed by atoms with E-state index in [4.69, 9.17) is 4.74 Å². The molecule has 0 aromatic heterocycles. The highest BCUT2D eigenvalue weighted by Gasteiger charge is 2.23. The van der Waals surface area contributed by atoms with Crippen LogP contribution in [-0.2, 0) is 4.74 Å². The lowest BCUT2D eigenvalue weighted by molar-refractivity contribution is 0.134. The summed E-state index contributed by atoms with van der Waals surface area (Å²) in [6.07, 6.45) is 0. The highest BCUT2D eigenvalue weighted by molar-refractivity contribution is 8.07. The van der Waals surface area contributed by atoms with Crippen molar-refractivity contribution in [3.8, 4) is 0 Å². The fraction of sp³-hybridized carbons (Fsp3) is 1.00. The number of hydrogen-bond acceptors (Lipinski definition) is 5. The molecular weight excluding hydrogens is 264 g/mol. The minimum Gasteiger partial charge on any atom is -0.379 e. The van der Waals surface area contributed by atoms with Crippen LogP contribution in [0.2, 0.25) is 0 Å². The van der Waals surface area contributed by atoms with Crippen molar-refractivity contribution < 1.29 is 4.74 Å². The fourth-order valence-electron chi connectivity index (χ4n) is 1.62. The van der Waals surface area contributed by atoms with Crippen LogP contribution in [0.1, 0.15) is 0 Å². The minimum atomic E-state index is 0.749. The van der Waals surface area contributed by atoms with Crippen LogP contribution in [0, 0.1) is 0 Å². The van der Waals surface area contributed by atoms with Crippen LogP contribution in [0.4, 0.5) is 0 Å². The summed E-state index contributed by atoms with van der Waals surface area (Å²) >= 11 is 8.50. The van der Waals surface area contributed by atoms with E-state index in [-0.39, 0.29) is 0 Å². The van der Waals surface area contributed by atoms with Crippen molar-refractivity contribution in [3.05, 3.63) is 0 Å². The second-order valence-corrected chi connectivity index (χ2v) is 8.81. The third-order valence-electron chi connectivity index (χ3n) is 2.34. The quantitative estimate of drug-likeness (QED) is 0.673. The Labute approximate surface area is 110 Å². The molecule has 0 radical (unpaired) electrons. The SMILES string of the molecule is C1CSC[C@@H]2COC[C@@H](CSCCS1)S2. The molecule has 0 unspecified atom stereocenters. The van der Waals surface area contributed by atoms with E-state index in [0.29, 0.717) is 0 Å². The van der Waals surface area contributed by atoms with Crippen LogP contribution in [0.3, 0.4) is 0 Å². The van der Waals surface area contributed by atoms with Crippen molar-refractivity contribution in [2.45, 2.75) is 10.5 Å². The summed E-state index contributed by atoms with van der Waals surface area (Å²) in [4.78, 5) is 0. The van der Waals surface area contributed by atoms with Crippen molar-refractivity contribution in [3.63, 3.8) is 0 Å². The first kappa shape index (κ1) is 12.8. The average molecular weight is 283 g/mol. The van der Waals surface area contributed by atoms with E-state index in [1.807, 2.05) is 0 Å². The van der Waals surface area contributed by atoms with Gasteiger partial charge in [0.1, 0.15) is 0 Å². The number of thioether (sulfide) groups is 4. The Kier molecular flexibility index (Phi) is 6.52. The zero-order valence-corrected chi connectivity index (χ0v) is 12.1. The Morgan fingerprint density at radius 2 is 1.27 bits per heavy atom. The molecule has 2 bridgehead atoms. The lowest BCUT2D eigenvalue weighted by Crippen LogP contribution is -2.31. The van der Waals surface area contributed by atoms with Gasteiger partial charge in [-0.2, -0.15) is 35.3 Å². The highest BCUT2D eigenvalue weighted by Crippen LogP contribution is 2.29. The lowest BCUT2D eigenvalue weighted by Gasteiger charge is -2.29.